The first-order valence-electron chi connectivity index (χ1n) is 9.73. The lowest BCUT2D eigenvalue weighted by molar-refractivity contribution is 0.118. The Labute approximate surface area is 174 Å². The monoisotopic (exact) mass is 410 g/mol. The Bertz CT molecular complexity index is 1080. The summed E-state index contributed by atoms with van der Waals surface area (Å²) in [6.45, 7) is 3.15. The van der Waals surface area contributed by atoms with E-state index in [1.165, 1.54) is 0 Å². The predicted octanol–water partition coefficient (Wildman–Crippen LogP) is 2.67. The van der Waals surface area contributed by atoms with E-state index >= 15 is 0 Å². The number of hydrogen-bond donors (Lipinski definition) is 1. The second-order valence-corrected chi connectivity index (χ2v) is 8.50. The van der Waals surface area contributed by atoms with Crippen LogP contribution in [-0.2, 0) is 19.4 Å². The molecule has 29 heavy (non-hydrogen) atoms. The van der Waals surface area contributed by atoms with E-state index < -0.39 is 6.10 Å². The Balaban J connectivity index is 1.56. The first-order chi connectivity index (χ1) is 14.0. The van der Waals surface area contributed by atoms with Gasteiger partial charge in [0.2, 0.25) is 0 Å². The summed E-state index contributed by atoms with van der Waals surface area (Å²) < 4.78 is 3.95. The Morgan fingerprint density at radius 3 is 2.72 bits per heavy atom. The smallest absolute Gasteiger partial charge is 0.155 e. The van der Waals surface area contributed by atoms with Gasteiger partial charge in [-0.15, -0.1) is 11.3 Å². The number of thiophene rings is 1. The number of aryl methyl sites for hydroxylation is 3. The lowest BCUT2D eigenvalue weighted by Crippen LogP contribution is -2.29. The molecule has 1 atom stereocenters. The second-order valence-electron chi connectivity index (χ2n) is 7.55. The number of fused-ring (bicyclic) bond motifs is 1. The molecule has 0 aliphatic rings. The highest BCUT2D eigenvalue weighted by molar-refractivity contribution is 7.13. The maximum Gasteiger partial charge on any atom is 0.155 e. The van der Waals surface area contributed by atoms with E-state index in [1.807, 2.05) is 60.9 Å². The van der Waals surface area contributed by atoms with Gasteiger partial charge in [-0.2, -0.15) is 5.10 Å². The Morgan fingerprint density at radius 1 is 1.14 bits per heavy atom. The minimum absolute atomic E-state index is 0.454. The van der Waals surface area contributed by atoms with Crippen LogP contribution >= 0.6 is 11.3 Å². The summed E-state index contributed by atoms with van der Waals surface area (Å²) >= 11 is 1.67. The number of imidazole rings is 1. The highest BCUT2D eigenvalue weighted by Crippen LogP contribution is 2.24. The van der Waals surface area contributed by atoms with Crippen LogP contribution in [0.5, 0.6) is 0 Å². The standard InChI is InChI=1S/C21H26N6OS/c1-15-6-4-8-21-23-19(24-27(15)21)9-10-20-22-17(18-7-5-11-29-18)14-26(20)13-16(28)12-25(2)3/h4-8,11,14,16,28H,9-10,12-13H2,1-3H3. The van der Waals surface area contributed by atoms with Gasteiger partial charge in [-0.3, -0.25) is 0 Å². The van der Waals surface area contributed by atoms with Crippen LogP contribution in [0.4, 0.5) is 0 Å². The third-order valence-electron chi connectivity index (χ3n) is 4.78. The number of hydrogen-bond acceptors (Lipinski definition) is 6. The van der Waals surface area contributed by atoms with E-state index in [0.29, 0.717) is 19.5 Å². The SMILES string of the molecule is Cc1cccc2nc(CCc3nc(-c4cccs4)cn3CC(O)CN(C)C)nn12. The molecule has 4 rings (SSSR count). The number of pyridine rings is 1. The summed E-state index contributed by atoms with van der Waals surface area (Å²) in [4.78, 5) is 12.6. The zero-order valence-electron chi connectivity index (χ0n) is 17.0. The van der Waals surface area contributed by atoms with E-state index in [0.717, 1.165) is 40.0 Å². The lowest BCUT2D eigenvalue weighted by Gasteiger charge is -2.17. The molecular formula is C21H26N6OS. The van der Waals surface area contributed by atoms with Gasteiger partial charge in [-0.25, -0.2) is 14.5 Å². The van der Waals surface area contributed by atoms with E-state index in [-0.39, 0.29) is 0 Å². The van der Waals surface area contributed by atoms with Gasteiger partial charge < -0.3 is 14.6 Å². The van der Waals surface area contributed by atoms with Gasteiger partial charge in [0.05, 0.1) is 23.2 Å². The average Bonchev–Trinajstić information content (AvgIpc) is 3.39. The van der Waals surface area contributed by atoms with Crippen LogP contribution in [0.3, 0.4) is 0 Å². The number of likely N-dealkylation sites (N-methyl/N-ethyl adjacent to an activating group) is 1. The molecule has 0 aromatic carbocycles. The minimum atomic E-state index is -0.454. The first-order valence-corrected chi connectivity index (χ1v) is 10.6. The zero-order chi connectivity index (χ0) is 20.4. The number of aliphatic hydroxyl groups excluding tert-OH is 1. The third-order valence-corrected chi connectivity index (χ3v) is 5.67. The van der Waals surface area contributed by atoms with Crippen molar-refractivity contribution in [2.45, 2.75) is 32.4 Å². The van der Waals surface area contributed by atoms with Crippen molar-refractivity contribution in [2.24, 2.45) is 0 Å². The summed E-state index contributed by atoms with van der Waals surface area (Å²) in [7, 11) is 3.93. The maximum absolute atomic E-state index is 10.4. The van der Waals surface area contributed by atoms with Crippen LogP contribution in [0.15, 0.2) is 41.9 Å². The molecule has 0 saturated carbocycles. The van der Waals surface area contributed by atoms with Crippen molar-refractivity contribution in [2.75, 3.05) is 20.6 Å². The summed E-state index contributed by atoms with van der Waals surface area (Å²) in [6.07, 6.45) is 3.01. The van der Waals surface area contributed by atoms with Gasteiger partial charge in [0.25, 0.3) is 0 Å². The molecule has 0 bridgehead atoms. The molecular weight excluding hydrogens is 384 g/mol. The Kier molecular flexibility index (Phi) is 5.75. The molecule has 1 unspecified atom stereocenters. The van der Waals surface area contributed by atoms with Gasteiger partial charge in [-0.1, -0.05) is 12.1 Å². The summed E-state index contributed by atoms with van der Waals surface area (Å²) in [6, 6.07) is 10.1. The van der Waals surface area contributed by atoms with E-state index in [9.17, 15) is 5.11 Å². The Morgan fingerprint density at radius 2 is 2.00 bits per heavy atom. The van der Waals surface area contributed by atoms with Crippen LogP contribution in [-0.4, -0.2) is 60.9 Å². The van der Waals surface area contributed by atoms with Gasteiger partial charge in [0.1, 0.15) is 5.82 Å². The molecule has 0 spiro atoms. The van der Waals surface area contributed by atoms with Crippen molar-refractivity contribution in [1.82, 2.24) is 29.0 Å². The van der Waals surface area contributed by atoms with Crippen LogP contribution in [0.2, 0.25) is 0 Å². The van der Waals surface area contributed by atoms with Crippen molar-refractivity contribution < 1.29 is 5.11 Å². The number of rotatable bonds is 8. The summed E-state index contributed by atoms with van der Waals surface area (Å²) in [5.74, 6) is 1.75. The van der Waals surface area contributed by atoms with Crippen molar-refractivity contribution in [1.29, 1.82) is 0 Å². The molecule has 4 aromatic heterocycles. The van der Waals surface area contributed by atoms with Gasteiger partial charge in [0.15, 0.2) is 11.5 Å². The fraction of sp³-hybridized carbons (Fsp3) is 0.381. The fourth-order valence-corrected chi connectivity index (χ4v) is 4.15. The first kappa shape index (κ1) is 19.8. The number of nitrogens with zero attached hydrogens (tertiary/aromatic N) is 6. The molecule has 4 aromatic rings. The quantitative estimate of drug-likeness (QED) is 0.484. The predicted molar refractivity (Wildman–Crippen MR) is 115 cm³/mol. The highest BCUT2D eigenvalue weighted by Gasteiger charge is 2.15. The molecule has 8 heteroatoms. The van der Waals surface area contributed by atoms with Crippen molar-refractivity contribution in [3.05, 3.63) is 59.3 Å². The molecule has 152 valence electrons. The van der Waals surface area contributed by atoms with E-state index in [2.05, 4.69) is 26.1 Å². The highest BCUT2D eigenvalue weighted by atomic mass is 32.1. The number of aliphatic hydroxyl groups is 1. The summed E-state index contributed by atoms with van der Waals surface area (Å²) in [5, 5.41) is 17.1. The molecule has 7 nitrogen and oxygen atoms in total. The van der Waals surface area contributed by atoms with Crippen molar-refractivity contribution in [3.63, 3.8) is 0 Å². The van der Waals surface area contributed by atoms with Gasteiger partial charge in [0, 0.05) is 31.3 Å². The van der Waals surface area contributed by atoms with Crippen LogP contribution < -0.4 is 0 Å². The molecule has 0 aliphatic heterocycles. The molecule has 0 fully saturated rings. The van der Waals surface area contributed by atoms with Crippen molar-refractivity contribution in [3.8, 4) is 10.6 Å². The number of aromatic nitrogens is 5. The fourth-order valence-electron chi connectivity index (χ4n) is 3.47. The van der Waals surface area contributed by atoms with Crippen LogP contribution in [0.25, 0.3) is 16.2 Å². The van der Waals surface area contributed by atoms with Crippen molar-refractivity contribution >= 4 is 17.0 Å². The minimum Gasteiger partial charge on any atom is -0.390 e. The normalized spacial score (nSPS) is 12.9. The average molecular weight is 411 g/mol. The maximum atomic E-state index is 10.4. The molecule has 0 aliphatic carbocycles. The molecule has 0 saturated heterocycles. The third kappa shape index (κ3) is 4.55. The molecule has 1 N–H and O–H groups in total. The molecule has 0 radical (unpaired) electrons. The Hall–Kier alpha value is -2.55. The van der Waals surface area contributed by atoms with Crippen LogP contribution in [0, 0.1) is 6.92 Å². The molecule has 4 heterocycles. The zero-order valence-corrected chi connectivity index (χ0v) is 17.8. The van der Waals surface area contributed by atoms with Gasteiger partial charge >= 0.3 is 0 Å². The largest absolute Gasteiger partial charge is 0.390 e. The van der Waals surface area contributed by atoms with Gasteiger partial charge in [-0.05, 0) is 44.6 Å². The second kappa shape index (κ2) is 8.44. The topological polar surface area (TPSA) is 71.5 Å². The van der Waals surface area contributed by atoms with Crippen LogP contribution in [0.1, 0.15) is 17.3 Å². The van der Waals surface area contributed by atoms with E-state index in [1.54, 1.807) is 11.3 Å². The summed E-state index contributed by atoms with van der Waals surface area (Å²) in [5.41, 5.74) is 2.88. The lowest BCUT2D eigenvalue weighted by atomic mass is 10.2. The molecule has 0 amide bonds. The van der Waals surface area contributed by atoms with E-state index in [4.69, 9.17) is 4.98 Å².